The molecule has 9 rings (SSSR count). The van der Waals surface area contributed by atoms with Crippen LogP contribution in [0.4, 0.5) is 0 Å². The second-order valence-corrected chi connectivity index (χ2v) is 12.6. The van der Waals surface area contributed by atoms with Gasteiger partial charge in [0.1, 0.15) is 11.5 Å². The van der Waals surface area contributed by atoms with Crippen LogP contribution in [0.25, 0.3) is 22.3 Å². The monoisotopic (exact) mass is 588 g/mol. The first-order chi connectivity index (χ1) is 22.7. The van der Waals surface area contributed by atoms with Gasteiger partial charge in [0.05, 0.1) is 5.41 Å². The Morgan fingerprint density at radius 3 is 1.59 bits per heavy atom. The number of ether oxygens (including phenoxy) is 1. The SMILES string of the molecule is CC1(c2ccccc2)c2ccccc2Oc2cc(-c3cccc(C4(c5ccccc5)c5ccccc5-c5ccccc54)c3)ccc21. The number of para-hydroxylation sites is 1. The number of fused-ring (bicyclic) bond motifs is 5. The van der Waals surface area contributed by atoms with Crippen molar-refractivity contribution in [2.45, 2.75) is 17.8 Å². The average molecular weight is 589 g/mol. The number of benzene rings is 7. The molecule has 0 saturated heterocycles. The molecule has 218 valence electrons. The van der Waals surface area contributed by atoms with Crippen LogP contribution in [0.2, 0.25) is 0 Å². The summed E-state index contributed by atoms with van der Waals surface area (Å²) in [7, 11) is 0. The molecule has 1 unspecified atom stereocenters. The van der Waals surface area contributed by atoms with Gasteiger partial charge in [-0.2, -0.15) is 0 Å². The molecular weight excluding hydrogens is 556 g/mol. The van der Waals surface area contributed by atoms with E-state index in [9.17, 15) is 0 Å². The summed E-state index contributed by atoms with van der Waals surface area (Å²) >= 11 is 0. The summed E-state index contributed by atoms with van der Waals surface area (Å²) in [6.07, 6.45) is 0. The van der Waals surface area contributed by atoms with Gasteiger partial charge in [0.2, 0.25) is 0 Å². The molecule has 0 amide bonds. The largest absolute Gasteiger partial charge is 0.457 e. The lowest BCUT2D eigenvalue weighted by Crippen LogP contribution is -2.29. The highest BCUT2D eigenvalue weighted by Crippen LogP contribution is 2.57. The zero-order chi connectivity index (χ0) is 30.7. The molecule has 2 aliphatic rings. The molecule has 1 aliphatic carbocycles. The number of hydrogen-bond donors (Lipinski definition) is 0. The molecule has 0 N–H and O–H groups in total. The van der Waals surface area contributed by atoms with E-state index >= 15 is 0 Å². The summed E-state index contributed by atoms with van der Waals surface area (Å²) in [4.78, 5) is 0. The van der Waals surface area contributed by atoms with Crippen LogP contribution in [0.1, 0.15) is 45.9 Å². The van der Waals surface area contributed by atoms with Gasteiger partial charge in [-0.1, -0.05) is 158 Å². The number of hydrogen-bond acceptors (Lipinski definition) is 1. The topological polar surface area (TPSA) is 9.23 Å². The normalized spacial score (nSPS) is 16.8. The summed E-state index contributed by atoms with van der Waals surface area (Å²) in [6.45, 7) is 2.32. The highest BCUT2D eigenvalue weighted by Gasteiger charge is 2.46. The molecule has 1 nitrogen and oxygen atoms in total. The van der Waals surface area contributed by atoms with Crippen LogP contribution in [0.3, 0.4) is 0 Å². The molecule has 0 bridgehead atoms. The third-order valence-corrected chi connectivity index (χ3v) is 10.3. The summed E-state index contributed by atoms with van der Waals surface area (Å²) in [6, 6.07) is 63.9. The molecule has 1 heterocycles. The number of rotatable bonds is 4. The summed E-state index contributed by atoms with van der Waals surface area (Å²) in [5, 5.41) is 0. The Morgan fingerprint density at radius 2 is 0.891 bits per heavy atom. The van der Waals surface area contributed by atoms with Gasteiger partial charge in [-0.25, -0.2) is 0 Å². The molecule has 46 heavy (non-hydrogen) atoms. The fourth-order valence-electron chi connectivity index (χ4n) is 8.16. The van der Waals surface area contributed by atoms with E-state index in [0.29, 0.717) is 0 Å². The van der Waals surface area contributed by atoms with Crippen molar-refractivity contribution in [3.63, 3.8) is 0 Å². The van der Waals surface area contributed by atoms with E-state index in [2.05, 4.69) is 183 Å². The molecule has 0 fully saturated rings. The van der Waals surface area contributed by atoms with Gasteiger partial charge in [-0.3, -0.25) is 0 Å². The third-order valence-electron chi connectivity index (χ3n) is 10.3. The molecule has 0 aromatic heterocycles. The second-order valence-electron chi connectivity index (χ2n) is 12.6. The molecule has 0 radical (unpaired) electrons. The van der Waals surface area contributed by atoms with Crippen LogP contribution in [-0.4, -0.2) is 0 Å². The Kier molecular flexibility index (Phi) is 5.92. The van der Waals surface area contributed by atoms with E-state index in [4.69, 9.17) is 4.74 Å². The Bertz CT molecular complexity index is 2200. The first-order valence-corrected chi connectivity index (χ1v) is 16.0. The van der Waals surface area contributed by atoms with Crippen LogP contribution in [0, 0.1) is 0 Å². The molecular formula is C45H32O. The fourth-order valence-corrected chi connectivity index (χ4v) is 8.16. The smallest absolute Gasteiger partial charge is 0.132 e. The van der Waals surface area contributed by atoms with Crippen molar-refractivity contribution < 1.29 is 4.74 Å². The molecule has 1 atom stereocenters. The zero-order valence-electron chi connectivity index (χ0n) is 25.7. The highest BCUT2D eigenvalue weighted by atomic mass is 16.5. The van der Waals surface area contributed by atoms with Crippen molar-refractivity contribution in [3.8, 4) is 33.8 Å². The minimum atomic E-state index is -0.431. The first kappa shape index (κ1) is 26.7. The summed E-state index contributed by atoms with van der Waals surface area (Å²) < 4.78 is 6.67. The first-order valence-electron chi connectivity index (χ1n) is 16.0. The van der Waals surface area contributed by atoms with Crippen molar-refractivity contribution in [2.75, 3.05) is 0 Å². The third kappa shape index (κ3) is 3.69. The predicted octanol–water partition coefficient (Wildman–Crippen LogP) is 11.2. The van der Waals surface area contributed by atoms with Gasteiger partial charge in [-0.15, -0.1) is 0 Å². The van der Waals surface area contributed by atoms with E-state index < -0.39 is 5.41 Å². The molecule has 7 aromatic carbocycles. The summed E-state index contributed by atoms with van der Waals surface area (Å²) in [5.74, 6) is 1.82. The van der Waals surface area contributed by atoms with E-state index in [1.165, 1.54) is 55.6 Å². The Labute approximate surface area is 270 Å². The van der Waals surface area contributed by atoms with Gasteiger partial charge in [0, 0.05) is 16.5 Å². The Hall–Kier alpha value is -5.66. The molecule has 0 spiro atoms. The minimum Gasteiger partial charge on any atom is -0.457 e. The fraction of sp³-hybridized carbons (Fsp3) is 0.0667. The maximum absolute atomic E-state index is 6.67. The van der Waals surface area contributed by atoms with Crippen LogP contribution in [-0.2, 0) is 10.8 Å². The zero-order valence-corrected chi connectivity index (χ0v) is 25.7. The van der Waals surface area contributed by atoms with Gasteiger partial charge >= 0.3 is 0 Å². The molecule has 1 heteroatoms. The second kappa shape index (κ2) is 10.2. The maximum Gasteiger partial charge on any atom is 0.132 e. The van der Waals surface area contributed by atoms with E-state index in [-0.39, 0.29) is 5.41 Å². The van der Waals surface area contributed by atoms with Crippen LogP contribution >= 0.6 is 0 Å². The highest BCUT2D eigenvalue weighted by molar-refractivity contribution is 5.86. The maximum atomic E-state index is 6.67. The quantitative estimate of drug-likeness (QED) is 0.199. The van der Waals surface area contributed by atoms with Crippen molar-refractivity contribution in [2.24, 2.45) is 0 Å². The van der Waals surface area contributed by atoms with Crippen molar-refractivity contribution >= 4 is 0 Å². The lowest BCUT2D eigenvalue weighted by molar-refractivity contribution is 0.427. The van der Waals surface area contributed by atoms with Gasteiger partial charge in [0.15, 0.2) is 0 Å². The van der Waals surface area contributed by atoms with E-state index in [0.717, 1.165) is 17.1 Å². The van der Waals surface area contributed by atoms with Crippen LogP contribution in [0.15, 0.2) is 176 Å². The van der Waals surface area contributed by atoms with Crippen molar-refractivity contribution in [1.29, 1.82) is 0 Å². The Balaban J connectivity index is 1.24. The Morgan fingerprint density at radius 1 is 0.370 bits per heavy atom. The lowest BCUT2D eigenvalue weighted by atomic mass is 9.67. The standard InChI is InChI=1S/C45H32O/c1-44(33-16-4-2-5-17-33)40-25-12-13-26-42(40)46-43-30-32(27-28-41(43)44)31-15-14-20-35(29-31)45(34-18-6-3-7-19-34)38-23-10-8-21-36(38)37-22-9-11-24-39(37)45/h2-30H,1H3. The van der Waals surface area contributed by atoms with Gasteiger partial charge in [0.25, 0.3) is 0 Å². The summed E-state index contributed by atoms with van der Waals surface area (Å²) in [5.41, 5.74) is 12.9. The average Bonchev–Trinajstić information content (AvgIpc) is 3.43. The van der Waals surface area contributed by atoms with Gasteiger partial charge < -0.3 is 4.74 Å². The van der Waals surface area contributed by atoms with Crippen LogP contribution < -0.4 is 4.74 Å². The lowest BCUT2D eigenvalue weighted by Gasteiger charge is -2.38. The van der Waals surface area contributed by atoms with Crippen LogP contribution in [0.5, 0.6) is 11.5 Å². The van der Waals surface area contributed by atoms with Crippen molar-refractivity contribution in [3.05, 3.63) is 215 Å². The van der Waals surface area contributed by atoms with E-state index in [1.54, 1.807) is 0 Å². The minimum absolute atomic E-state index is 0.333. The predicted molar refractivity (Wildman–Crippen MR) is 188 cm³/mol. The van der Waals surface area contributed by atoms with Gasteiger partial charge in [-0.05, 0) is 75.2 Å². The molecule has 7 aromatic rings. The van der Waals surface area contributed by atoms with Crippen molar-refractivity contribution in [1.82, 2.24) is 0 Å². The van der Waals surface area contributed by atoms with E-state index in [1.807, 2.05) is 0 Å². The molecule has 1 aliphatic heterocycles. The molecule has 0 saturated carbocycles.